The van der Waals surface area contributed by atoms with E-state index in [1.165, 1.54) is 24.3 Å². The van der Waals surface area contributed by atoms with E-state index in [1.807, 2.05) is 0 Å². The molecule has 2 aromatic rings. The van der Waals surface area contributed by atoms with Crippen molar-refractivity contribution in [3.8, 4) is 5.75 Å². The SMILES string of the molecule is C=CC(=O)Sc1ccc(C(=O)Oc2ccc(SC(=O)C(=C)C)cc2)cc1F. The Morgan fingerprint density at radius 1 is 1.07 bits per heavy atom. The molecule has 0 atom stereocenters. The summed E-state index contributed by atoms with van der Waals surface area (Å²) in [6, 6.07) is 10.1. The van der Waals surface area contributed by atoms with Crippen molar-refractivity contribution in [2.24, 2.45) is 0 Å². The third kappa shape index (κ3) is 5.94. The van der Waals surface area contributed by atoms with Crippen LogP contribution < -0.4 is 4.74 Å². The fourth-order valence-electron chi connectivity index (χ4n) is 1.80. The fraction of sp³-hybridized carbons (Fsp3) is 0.0500. The molecule has 0 unspecified atom stereocenters. The van der Waals surface area contributed by atoms with Gasteiger partial charge in [0.2, 0.25) is 10.2 Å². The van der Waals surface area contributed by atoms with Gasteiger partial charge in [-0.05, 0) is 84.6 Å². The number of carbonyl (C=O) groups is 3. The van der Waals surface area contributed by atoms with Crippen LogP contribution in [0.5, 0.6) is 5.75 Å². The van der Waals surface area contributed by atoms with Gasteiger partial charge in [0, 0.05) is 4.90 Å². The number of carbonyl (C=O) groups excluding carboxylic acids is 3. The summed E-state index contributed by atoms with van der Waals surface area (Å²) in [5.74, 6) is -1.18. The molecule has 0 aromatic heterocycles. The van der Waals surface area contributed by atoms with E-state index in [-0.39, 0.29) is 21.3 Å². The highest BCUT2D eigenvalue weighted by Crippen LogP contribution is 2.26. The Balaban J connectivity index is 2.05. The summed E-state index contributed by atoms with van der Waals surface area (Å²) in [4.78, 5) is 35.8. The zero-order valence-corrected chi connectivity index (χ0v) is 16.0. The van der Waals surface area contributed by atoms with E-state index in [1.54, 1.807) is 19.1 Å². The van der Waals surface area contributed by atoms with Crippen LogP contribution >= 0.6 is 23.5 Å². The normalized spacial score (nSPS) is 10.1. The molecule has 0 spiro atoms. The minimum Gasteiger partial charge on any atom is -0.423 e. The Morgan fingerprint density at radius 3 is 2.30 bits per heavy atom. The number of rotatable bonds is 6. The zero-order chi connectivity index (χ0) is 20.0. The second-order valence-electron chi connectivity index (χ2n) is 5.30. The van der Waals surface area contributed by atoms with Crippen LogP contribution in [-0.4, -0.2) is 16.2 Å². The fourth-order valence-corrected chi connectivity index (χ4v) is 3.05. The standard InChI is InChI=1S/C20H15FO4S2/c1-4-18(22)27-17-10-5-13(11-16(17)21)19(23)25-14-6-8-15(9-7-14)26-20(24)12(2)3/h4-11H,1-2H2,3H3. The van der Waals surface area contributed by atoms with Crippen molar-refractivity contribution in [2.45, 2.75) is 16.7 Å². The maximum absolute atomic E-state index is 14.0. The Bertz CT molecular complexity index is 920. The van der Waals surface area contributed by atoms with E-state index >= 15 is 0 Å². The first-order chi connectivity index (χ1) is 12.8. The van der Waals surface area contributed by atoms with E-state index in [0.717, 1.165) is 23.9 Å². The number of hydrogen-bond donors (Lipinski definition) is 0. The molecule has 0 aliphatic heterocycles. The maximum atomic E-state index is 14.0. The molecule has 0 N–H and O–H groups in total. The van der Waals surface area contributed by atoms with Gasteiger partial charge in [0.1, 0.15) is 11.6 Å². The van der Waals surface area contributed by atoms with Crippen molar-refractivity contribution >= 4 is 39.7 Å². The number of thioether (sulfide) groups is 2. The van der Waals surface area contributed by atoms with Crippen LogP contribution in [0.4, 0.5) is 4.39 Å². The van der Waals surface area contributed by atoms with E-state index in [4.69, 9.17) is 4.74 Å². The zero-order valence-electron chi connectivity index (χ0n) is 14.4. The van der Waals surface area contributed by atoms with Crippen LogP contribution in [0.15, 0.2) is 77.1 Å². The summed E-state index contributed by atoms with van der Waals surface area (Å²) in [5.41, 5.74) is 0.452. The molecule has 0 saturated carbocycles. The van der Waals surface area contributed by atoms with Gasteiger partial charge in [-0.15, -0.1) is 0 Å². The predicted molar refractivity (Wildman–Crippen MR) is 105 cm³/mol. The average Bonchev–Trinajstić information content (AvgIpc) is 2.64. The van der Waals surface area contributed by atoms with Crippen LogP contribution in [0.2, 0.25) is 0 Å². The van der Waals surface area contributed by atoms with Crippen molar-refractivity contribution in [3.63, 3.8) is 0 Å². The molecule has 138 valence electrons. The summed E-state index contributed by atoms with van der Waals surface area (Å²) >= 11 is 1.70. The Labute approximate surface area is 164 Å². The van der Waals surface area contributed by atoms with Crippen LogP contribution in [0.1, 0.15) is 17.3 Å². The van der Waals surface area contributed by atoms with Gasteiger partial charge in [-0.3, -0.25) is 9.59 Å². The van der Waals surface area contributed by atoms with Crippen molar-refractivity contribution in [1.29, 1.82) is 0 Å². The number of ether oxygens (including phenoxy) is 1. The van der Waals surface area contributed by atoms with Crippen molar-refractivity contribution in [1.82, 2.24) is 0 Å². The summed E-state index contributed by atoms with van der Waals surface area (Å²) in [6.07, 6.45) is 1.08. The van der Waals surface area contributed by atoms with Crippen molar-refractivity contribution in [2.75, 3.05) is 0 Å². The molecule has 7 heteroatoms. The second-order valence-corrected chi connectivity index (χ2v) is 7.39. The second kappa shape index (κ2) is 9.34. The third-order valence-corrected chi connectivity index (χ3v) is 5.10. The van der Waals surface area contributed by atoms with Gasteiger partial charge in [0.05, 0.1) is 10.5 Å². The summed E-state index contributed by atoms with van der Waals surface area (Å²) < 4.78 is 19.2. The van der Waals surface area contributed by atoms with Crippen LogP contribution in [-0.2, 0) is 9.59 Å². The van der Waals surface area contributed by atoms with Gasteiger partial charge in [-0.25, -0.2) is 9.18 Å². The van der Waals surface area contributed by atoms with E-state index in [0.29, 0.717) is 22.2 Å². The molecule has 0 radical (unpaired) electrons. The minimum absolute atomic E-state index is 0.0128. The lowest BCUT2D eigenvalue weighted by atomic mass is 10.2. The minimum atomic E-state index is -0.737. The predicted octanol–water partition coefficient (Wildman–Crippen LogP) is 5.04. The van der Waals surface area contributed by atoms with Gasteiger partial charge < -0.3 is 4.74 Å². The molecule has 27 heavy (non-hydrogen) atoms. The molecule has 2 rings (SSSR count). The lowest BCUT2D eigenvalue weighted by Crippen LogP contribution is -2.09. The quantitative estimate of drug-likeness (QED) is 0.292. The van der Waals surface area contributed by atoms with Gasteiger partial charge in [-0.1, -0.05) is 13.2 Å². The molecule has 0 bridgehead atoms. The van der Waals surface area contributed by atoms with Crippen LogP contribution in [0.3, 0.4) is 0 Å². The lowest BCUT2D eigenvalue weighted by molar-refractivity contribution is -0.108. The highest BCUT2D eigenvalue weighted by molar-refractivity contribution is 8.14. The largest absolute Gasteiger partial charge is 0.423 e. The molecule has 0 heterocycles. The van der Waals surface area contributed by atoms with E-state index < -0.39 is 16.9 Å². The average molecular weight is 402 g/mol. The molecular weight excluding hydrogens is 387 g/mol. The smallest absolute Gasteiger partial charge is 0.343 e. The molecular formula is C20H15FO4S2. The first-order valence-corrected chi connectivity index (χ1v) is 9.27. The van der Waals surface area contributed by atoms with Gasteiger partial charge in [0.25, 0.3) is 0 Å². The molecule has 0 amide bonds. The van der Waals surface area contributed by atoms with E-state index in [2.05, 4.69) is 13.2 Å². The molecule has 2 aromatic carbocycles. The molecule has 0 aliphatic carbocycles. The third-order valence-electron chi connectivity index (χ3n) is 3.14. The first kappa shape index (κ1) is 20.7. The lowest BCUT2D eigenvalue weighted by Gasteiger charge is -2.07. The van der Waals surface area contributed by atoms with E-state index in [9.17, 15) is 18.8 Å². The number of hydrogen-bond acceptors (Lipinski definition) is 6. The van der Waals surface area contributed by atoms with Gasteiger partial charge in [-0.2, -0.15) is 0 Å². The monoisotopic (exact) mass is 402 g/mol. The Hall–Kier alpha value is -2.64. The molecule has 4 nitrogen and oxygen atoms in total. The van der Waals surface area contributed by atoms with Gasteiger partial charge in [0.15, 0.2) is 0 Å². The highest BCUT2D eigenvalue weighted by atomic mass is 32.2. The first-order valence-electron chi connectivity index (χ1n) is 7.64. The number of halogens is 1. The molecule has 0 fully saturated rings. The Kier molecular flexibility index (Phi) is 7.15. The summed E-state index contributed by atoms with van der Waals surface area (Å²) in [6.45, 7) is 8.52. The highest BCUT2D eigenvalue weighted by Gasteiger charge is 2.14. The number of esters is 1. The maximum Gasteiger partial charge on any atom is 0.343 e. The summed E-state index contributed by atoms with van der Waals surface area (Å²) in [5, 5.41) is -0.546. The van der Waals surface area contributed by atoms with Gasteiger partial charge >= 0.3 is 5.97 Å². The summed E-state index contributed by atoms with van der Waals surface area (Å²) in [7, 11) is 0. The van der Waals surface area contributed by atoms with Crippen LogP contribution in [0.25, 0.3) is 0 Å². The van der Waals surface area contributed by atoms with Crippen molar-refractivity contribution in [3.05, 3.63) is 78.7 Å². The molecule has 0 aliphatic rings. The van der Waals surface area contributed by atoms with Crippen molar-refractivity contribution < 1.29 is 23.5 Å². The van der Waals surface area contributed by atoms with Crippen LogP contribution in [0, 0.1) is 5.82 Å². The Morgan fingerprint density at radius 2 is 1.74 bits per heavy atom. The topological polar surface area (TPSA) is 60.4 Å². The molecule has 0 saturated heterocycles. The number of benzene rings is 2.